The van der Waals surface area contributed by atoms with Crippen LogP contribution in [-0.4, -0.2) is 44.9 Å². The number of benzene rings is 3. The molecule has 7 rings (SSSR count). The zero-order valence-corrected chi connectivity index (χ0v) is 25.9. The third kappa shape index (κ3) is 5.09. The van der Waals surface area contributed by atoms with E-state index >= 15 is 0 Å². The Kier molecular flexibility index (Phi) is 7.68. The largest absolute Gasteiger partial charge is 0.508 e. The third-order valence-electron chi connectivity index (χ3n) is 9.15. The first kappa shape index (κ1) is 30.4. The van der Waals surface area contributed by atoms with E-state index in [1.807, 2.05) is 74.5 Å². The van der Waals surface area contributed by atoms with Crippen LogP contribution < -0.4 is 14.2 Å². The molecular weight excluding hydrogens is 602 g/mol. The summed E-state index contributed by atoms with van der Waals surface area (Å²) in [5.41, 5.74) is 0.0268. The number of aliphatic hydroxyl groups is 2. The van der Waals surface area contributed by atoms with Gasteiger partial charge in [0.25, 0.3) is 5.88 Å². The van der Waals surface area contributed by atoms with Crippen molar-refractivity contribution >= 4 is 17.9 Å². The van der Waals surface area contributed by atoms with Crippen molar-refractivity contribution in [2.75, 3.05) is 0 Å². The number of aromatic nitrogens is 1. The molecule has 1 heterocycles. The molecule has 1 aromatic heterocycles. The smallest absolute Gasteiger partial charge is 0.265 e. The number of carbonyl (C=O) groups excluding carboxylic acids is 3. The first-order valence-corrected chi connectivity index (χ1v) is 15.6. The fraction of sp³-hybridized carbons (Fsp3) is 0.297. The molecule has 10 nitrogen and oxygen atoms in total. The van der Waals surface area contributed by atoms with Crippen LogP contribution in [0.1, 0.15) is 73.8 Å². The lowest BCUT2D eigenvalue weighted by atomic mass is 9.60. The number of fused-ring (bicyclic) bond motifs is 4. The van der Waals surface area contributed by atoms with Crippen LogP contribution in [-0.2, 0) is 26.1 Å². The van der Waals surface area contributed by atoms with Crippen molar-refractivity contribution in [1.29, 1.82) is 0 Å². The summed E-state index contributed by atoms with van der Waals surface area (Å²) in [6.07, 6.45) is 0.845. The monoisotopic (exact) mass is 635 g/mol. The van der Waals surface area contributed by atoms with Crippen molar-refractivity contribution in [1.82, 2.24) is 5.16 Å². The predicted molar refractivity (Wildman–Crippen MR) is 168 cm³/mol. The number of hydrogen-bond acceptors (Lipinski definition) is 10. The van der Waals surface area contributed by atoms with E-state index in [4.69, 9.17) is 18.7 Å². The number of ketones is 2. The van der Waals surface area contributed by atoms with E-state index in [2.05, 4.69) is 5.16 Å². The fourth-order valence-corrected chi connectivity index (χ4v) is 6.99. The Bertz CT molecular complexity index is 1910. The SMILES string of the molecule is CC(C)Oc1c(C=O)cc(OCc2ccccc2)c2c1C[C@H]1C[C@H]3Cc4onc(OCc5ccccc5)c4C(=O)[C@@]3(O)C(O)=C1C2=O. The molecule has 0 fully saturated rings. The van der Waals surface area contributed by atoms with Crippen LogP contribution in [0.15, 0.2) is 82.6 Å². The lowest BCUT2D eigenvalue weighted by Crippen LogP contribution is -2.56. The van der Waals surface area contributed by atoms with E-state index in [9.17, 15) is 24.6 Å². The predicted octanol–water partition coefficient (Wildman–Crippen LogP) is 5.79. The van der Waals surface area contributed by atoms with Gasteiger partial charge in [-0.25, -0.2) is 0 Å². The van der Waals surface area contributed by atoms with Crippen molar-refractivity contribution in [2.45, 2.75) is 58.0 Å². The molecule has 0 aliphatic heterocycles. The van der Waals surface area contributed by atoms with Crippen LogP contribution >= 0.6 is 0 Å². The summed E-state index contributed by atoms with van der Waals surface area (Å²) in [5.74, 6) is -2.93. The van der Waals surface area contributed by atoms with Gasteiger partial charge in [-0.2, -0.15) is 0 Å². The zero-order chi connectivity index (χ0) is 32.9. The minimum Gasteiger partial charge on any atom is -0.508 e. The van der Waals surface area contributed by atoms with Crippen LogP contribution in [0.25, 0.3) is 0 Å². The Morgan fingerprint density at radius 1 is 0.979 bits per heavy atom. The molecule has 3 aliphatic rings. The standard InChI is InChI=1S/C37H33NO9/c1-20(2)46-33-24(17-39)15-27(44-18-21-9-5-3-6-10-21)30-26(33)14-23-13-25-16-28-31(35(42)37(25,43)34(41)29(23)32(30)40)36(38-47-28)45-19-22-11-7-4-8-12-22/h3-12,15,17,20,23,25,41,43H,13-14,16,18-19H2,1-2H3/t23-,25+,37+/m1/s1. The Morgan fingerprint density at radius 2 is 1.64 bits per heavy atom. The molecule has 0 saturated heterocycles. The van der Waals surface area contributed by atoms with Gasteiger partial charge in [0, 0.05) is 23.5 Å². The maximum Gasteiger partial charge on any atom is 0.265 e. The number of aldehydes is 1. The normalized spacial score (nSPS) is 21.4. The zero-order valence-electron chi connectivity index (χ0n) is 25.9. The van der Waals surface area contributed by atoms with E-state index in [-0.39, 0.29) is 84.0 Å². The van der Waals surface area contributed by atoms with E-state index in [1.165, 1.54) is 6.07 Å². The molecule has 240 valence electrons. The molecule has 3 atom stereocenters. The van der Waals surface area contributed by atoms with Crippen molar-refractivity contribution in [3.8, 4) is 17.4 Å². The summed E-state index contributed by atoms with van der Waals surface area (Å²) in [7, 11) is 0. The Labute approximate surface area is 270 Å². The molecule has 4 aromatic rings. The minimum atomic E-state index is -2.40. The summed E-state index contributed by atoms with van der Waals surface area (Å²) in [5, 5.41) is 27.8. The number of aliphatic hydroxyl groups excluding tert-OH is 1. The highest BCUT2D eigenvalue weighted by molar-refractivity contribution is 6.16. The fourth-order valence-electron chi connectivity index (χ4n) is 6.99. The Balaban J connectivity index is 1.29. The summed E-state index contributed by atoms with van der Waals surface area (Å²) < 4.78 is 23.6. The molecule has 0 radical (unpaired) electrons. The van der Waals surface area contributed by atoms with Gasteiger partial charge in [0.15, 0.2) is 23.4 Å². The van der Waals surface area contributed by atoms with Crippen LogP contribution in [0.3, 0.4) is 0 Å². The average Bonchev–Trinajstić information content (AvgIpc) is 3.48. The number of carbonyl (C=O) groups is 3. The maximum atomic E-state index is 14.5. The highest BCUT2D eigenvalue weighted by Gasteiger charge is 2.60. The van der Waals surface area contributed by atoms with E-state index < -0.39 is 34.8 Å². The summed E-state index contributed by atoms with van der Waals surface area (Å²) in [6.45, 7) is 3.87. The second-order valence-corrected chi connectivity index (χ2v) is 12.5. The van der Waals surface area contributed by atoms with Crippen molar-refractivity contribution in [3.05, 3.63) is 117 Å². The van der Waals surface area contributed by atoms with Gasteiger partial charge in [0.2, 0.25) is 5.78 Å². The summed E-state index contributed by atoms with van der Waals surface area (Å²) in [4.78, 5) is 40.8. The van der Waals surface area contributed by atoms with Gasteiger partial charge in [-0.3, -0.25) is 14.4 Å². The van der Waals surface area contributed by atoms with Crippen molar-refractivity contribution in [2.24, 2.45) is 11.8 Å². The number of hydrogen-bond donors (Lipinski definition) is 2. The van der Waals surface area contributed by atoms with Crippen LogP contribution in [0.5, 0.6) is 17.4 Å². The van der Waals surface area contributed by atoms with Crippen LogP contribution in [0, 0.1) is 11.8 Å². The lowest BCUT2D eigenvalue weighted by Gasteiger charge is -2.45. The number of rotatable bonds is 9. The summed E-state index contributed by atoms with van der Waals surface area (Å²) in [6, 6.07) is 20.1. The topological polar surface area (TPSA) is 145 Å². The van der Waals surface area contributed by atoms with Crippen LogP contribution in [0.4, 0.5) is 0 Å². The highest BCUT2D eigenvalue weighted by atomic mass is 16.5. The molecule has 0 saturated carbocycles. The molecule has 0 amide bonds. The second-order valence-electron chi connectivity index (χ2n) is 12.5. The van der Waals surface area contributed by atoms with Gasteiger partial charge in [0.1, 0.15) is 36.0 Å². The molecule has 47 heavy (non-hydrogen) atoms. The first-order valence-electron chi connectivity index (χ1n) is 15.6. The van der Waals surface area contributed by atoms with Gasteiger partial charge in [-0.1, -0.05) is 60.7 Å². The van der Waals surface area contributed by atoms with E-state index in [0.29, 0.717) is 11.8 Å². The van der Waals surface area contributed by atoms with E-state index in [1.54, 1.807) is 0 Å². The minimum absolute atomic E-state index is 0.0518. The lowest BCUT2D eigenvalue weighted by molar-refractivity contribution is -0.0258. The van der Waals surface area contributed by atoms with Crippen LogP contribution in [0.2, 0.25) is 0 Å². The first-order chi connectivity index (χ1) is 22.7. The van der Waals surface area contributed by atoms with Crippen molar-refractivity contribution < 1.29 is 43.3 Å². The van der Waals surface area contributed by atoms with Gasteiger partial charge in [0.05, 0.1) is 17.2 Å². The number of ether oxygens (including phenoxy) is 3. The molecule has 2 N–H and O–H groups in total. The molecule has 3 aromatic carbocycles. The third-order valence-corrected chi connectivity index (χ3v) is 9.15. The number of nitrogens with zero attached hydrogens (tertiary/aromatic N) is 1. The second kappa shape index (κ2) is 11.9. The average molecular weight is 636 g/mol. The van der Waals surface area contributed by atoms with Gasteiger partial charge < -0.3 is 28.9 Å². The van der Waals surface area contributed by atoms with Gasteiger partial charge >= 0.3 is 0 Å². The molecule has 10 heteroatoms. The number of Topliss-reactive ketones (excluding diaryl/α,β-unsaturated/α-hetero) is 2. The summed E-state index contributed by atoms with van der Waals surface area (Å²) >= 11 is 0. The number of allylic oxidation sites excluding steroid dienone is 1. The molecule has 3 aliphatic carbocycles. The molecule has 0 unspecified atom stereocenters. The maximum absolute atomic E-state index is 14.5. The molecule has 0 spiro atoms. The molecular formula is C37H33NO9. The Morgan fingerprint density at radius 3 is 2.28 bits per heavy atom. The highest BCUT2D eigenvalue weighted by Crippen LogP contribution is 2.53. The van der Waals surface area contributed by atoms with Crippen molar-refractivity contribution in [3.63, 3.8) is 0 Å². The van der Waals surface area contributed by atoms with E-state index in [0.717, 1.165) is 11.1 Å². The van der Waals surface area contributed by atoms with Gasteiger partial charge in [-0.05, 0) is 55.0 Å². The molecule has 0 bridgehead atoms. The van der Waals surface area contributed by atoms with Gasteiger partial charge in [-0.15, -0.1) is 0 Å². The quantitative estimate of drug-likeness (QED) is 0.217. The Hall–Kier alpha value is -5.22.